The fourth-order valence-corrected chi connectivity index (χ4v) is 12.5. The Balaban J connectivity index is 4.41. The number of aliphatic hydroxyl groups excluding tert-OH is 2. The van der Waals surface area contributed by atoms with Crippen molar-refractivity contribution in [3.05, 3.63) is 109 Å². The van der Waals surface area contributed by atoms with Crippen LogP contribution in [0.1, 0.15) is 342 Å². The van der Waals surface area contributed by atoms with E-state index in [0.29, 0.717) is 19.3 Å². The Morgan fingerprint density at radius 1 is 0.287 bits per heavy atom. The van der Waals surface area contributed by atoms with Crippen LogP contribution in [-0.2, 0) is 55.8 Å². The van der Waals surface area contributed by atoms with E-state index in [0.717, 1.165) is 116 Å². The summed E-state index contributed by atoms with van der Waals surface area (Å²) in [6, 6.07) is 0. The van der Waals surface area contributed by atoms with Gasteiger partial charge in [0, 0.05) is 19.3 Å². The molecule has 0 aromatic carbocycles. The molecule has 0 rings (SSSR count). The molecule has 0 fully saturated rings. The Morgan fingerprint density at radius 2 is 0.525 bits per heavy atom. The first-order valence-corrected chi connectivity index (χ1v) is 43.2. The lowest BCUT2D eigenvalue weighted by molar-refractivity contribution is -0.161. The Labute approximate surface area is 615 Å². The van der Waals surface area contributed by atoms with Gasteiger partial charge in [-0.3, -0.25) is 32.5 Å². The molecule has 5 atom stereocenters. The van der Waals surface area contributed by atoms with E-state index >= 15 is 0 Å². The third kappa shape index (κ3) is 77.1. The van der Waals surface area contributed by atoms with Crippen molar-refractivity contribution in [2.75, 3.05) is 39.6 Å². The third-order valence-electron chi connectivity index (χ3n) is 17.0. The second-order valence-corrected chi connectivity index (χ2v) is 29.8. The fraction of sp³-hybridized carbons (Fsp3) is 0.747. The highest BCUT2D eigenvalue weighted by Gasteiger charge is 2.29. The maximum absolute atomic E-state index is 12.9. The van der Waals surface area contributed by atoms with Crippen LogP contribution in [0.4, 0.5) is 0 Å². The van der Waals surface area contributed by atoms with Crippen molar-refractivity contribution >= 4 is 33.6 Å². The summed E-state index contributed by atoms with van der Waals surface area (Å²) < 4.78 is 61.1. The summed E-state index contributed by atoms with van der Waals surface area (Å²) in [4.78, 5) is 58.6. The minimum Gasteiger partial charge on any atom is -0.463 e. The number of esters is 3. The van der Waals surface area contributed by atoms with Gasteiger partial charge in [0.2, 0.25) is 0 Å². The van der Waals surface area contributed by atoms with Crippen LogP contribution in [0.2, 0.25) is 0 Å². The molecule has 0 saturated carbocycles. The first-order chi connectivity index (χ1) is 49.2. The molecule has 0 aliphatic heterocycles. The SMILES string of the molecule is CC/C=C\C/C=C\C/C=C\C/C=C\C/C=C\CCCCCC(=O)OCC(COP(=O)(O)OCC(O)COP(=O)(O)OCC(O)COC(=O)CCCCCCCCCCCCCCCCCCC/C=C\C/C=C\C/C=C\C/C=C\CCCCC)OC(=O)CCCCCCCCCCCCCCC. The number of phosphoric acid groups is 2. The number of phosphoric ester groups is 2. The third-order valence-corrected chi connectivity index (χ3v) is 18.9. The predicted octanol–water partition coefficient (Wildman–Crippen LogP) is 23.5. The zero-order valence-corrected chi connectivity index (χ0v) is 65.6. The van der Waals surface area contributed by atoms with Crippen LogP contribution in [0.5, 0.6) is 0 Å². The molecule has 0 aromatic heterocycles. The summed E-state index contributed by atoms with van der Waals surface area (Å²) in [5, 5.41) is 20.6. The van der Waals surface area contributed by atoms with E-state index in [1.165, 1.54) is 167 Å². The molecule has 16 nitrogen and oxygen atoms in total. The number of ether oxygens (including phenoxy) is 3. The maximum atomic E-state index is 12.9. The Hall–Kier alpha value is -3.79. The first-order valence-electron chi connectivity index (χ1n) is 40.2. The topological polar surface area (TPSA) is 231 Å². The van der Waals surface area contributed by atoms with Gasteiger partial charge < -0.3 is 34.2 Å². The molecule has 0 aliphatic rings. The number of allylic oxidation sites excluding steroid dienone is 18. The summed E-state index contributed by atoms with van der Waals surface area (Å²) in [6.07, 6.45) is 88.7. The van der Waals surface area contributed by atoms with Gasteiger partial charge in [-0.2, -0.15) is 0 Å². The molecule has 0 radical (unpaired) electrons. The van der Waals surface area contributed by atoms with Crippen LogP contribution in [0.15, 0.2) is 109 Å². The van der Waals surface area contributed by atoms with Crippen molar-refractivity contribution < 1.29 is 75.8 Å². The van der Waals surface area contributed by atoms with E-state index in [1.54, 1.807) is 0 Å². The average Bonchev–Trinajstić information content (AvgIpc) is 0.964. The lowest BCUT2D eigenvalue weighted by Gasteiger charge is -2.21. The first kappa shape index (κ1) is 97.2. The number of unbranched alkanes of at least 4 members (excludes halogenated alkanes) is 35. The molecule has 0 aromatic rings. The number of rotatable bonds is 76. The summed E-state index contributed by atoms with van der Waals surface area (Å²) >= 11 is 0. The van der Waals surface area contributed by atoms with E-state index in [2.05, 4.69) is 130 Å². The number of carbonyl (C=O) groups is 3. The molecule has 584 valence electrons. The van der Waals surface area contributed by atoms with E-state index in [9.17, 15) is 43.5 Å². The van der Waals surface area contributed by atoms with E-state index in [1.807, 2.05) is 0 Å². The lowest BCUT2D eigenvalue weighted by Crippen LogP contribution is -2.30. The van der Waals surface area contributed by atoms with Gasteiger partial charge >= 0.3 is 33.6 Å². The number of carbonyl (C=O) groups excluding carboxylic acids is 3. The van der Waals surface area contributed by atoms with Gasteiger partial charge in [0.05, 0.1) is 26.4 Å². The molecule has 5 unspecified atom stereocenters. The summed E-state index contributed by atoms with van der Waals surface area (Å²) in [7, 11) is -9.79. The fourth-order valence-electron chi connectivity index (χ4n) is 10.9. The van der Waals surface area contributed by atoms with Gasteiger partial charge in [0.25, 0.3) is 0 Å². The zero-order valence-electron chi connectivity index (χ0n) is 63.8. The molecule has 0 heterocycles. The predicted molar refractivity (Wildman–Crippen MR) is 417 cm³/mol. The van der Waals surface area contributed by atoms with Crippen molar-refractivity contribution in [1.82, 2.24) is 0 Å². The monoisotopic (exact) mass is 1460 g/mol. The Morgan fingerprint density at radius 3 is 0.861 bits per heavy atom. The van der Waals surface area contributed by atoms with Crippen LogP contribution < -0.4 is 0 Å². The van der Waals surface area contributed by atoms with Gasteiger partial charge in [-0.25, -0.2) is 9.13 Å². The molecule has 4 N–H and O–H groups in total. The Bertz CT molecular complexity index is 2270. The van der Waals surface area contributed by atoms with Crippen LogP contribution in [0.25, 0.3) is 0 Å². The average molecular weight is 1460 g/mol. The molecule has 0 bridgehead atoms. The summed E-state index contributed by atoms with van der Waals surface area (Å²) in [6.45, 7) is 2.53. The minimum absolute atomic E-state index is 0.0993. The molecular formula is C83H146O16P2. The zero-order chi connectivity index (χ0) is 73.7. The van der Waals surface area contributed by atoms with Crippen molar-refractivity contribution in [3.8, 4) is 0 Å². The minimum atomic E-state index is -4.93. The van der Waals surface area contributed by atoms with Crippen LogP contribution in [0, 0.1) is 0 Å². The van der Waals surface area contributed by atoms with Gasteiger partial charge in [0.15, 0.2) is 6.10 Å². The van der Waals surface area contributed by atoms with Gasteiger partial charge in [-0.05, 0) is 109 Å². The largest absolute Gasteiger partial charge is 0.472 e. The standard InChI is InChI=1S/C83H146O16P2/c1-4-7-10-13-16-19-22-25-27-29-31-32-33-34-35-36-37-38-39-40-41-42-43-44-46-48-49-52-54-57-60-63-66-69-81(86)93-72-78(84)73-95-100(89,90)96-74-79(85)75-97-101(91,92)98-77-80(99-83(88)71-68-65-62-59-56-51-24-21-18-15-12-9-6-3)76-94-82(87)70-67-64-61-58-55-53-50-47-45-30-28-26-23-20-17-14-11-8-5-2/h8,11,16-17,19-20,25-28,31-32,34-35,45,47,53,55,78-80,84-85H,4-7,9-10,12-15,18,21-24,29-30,33,36-44,46,48-52,54,56-77H2,1-3H3,(H,89,90)(H,91,92)/b11-8-,19-16-,20-17-,27-25-,28-26-,32-31-,35-34-,47-45-,55-53-. The van der Waals surface area contributed by atoms with Crippen LogP contribution in [0.3, 0.4) is 0 Å². The summed E-state index contributed by atoms with van der Waals surface area (Å²) in [5.41, 5.74) is 0. The van der Waals surface area contributed by atoms with Gasteiger partial charge in [0.1, 0.15) is 25.4 Å². The lowest BCUT2D eigenvalue weighted by atomic mass is 10.0. The molecular weight excluding hydrogens is 1310 g/mol. The molecule has 0 aliphatic carbocycles. The number of hydrogen-bond donors (Lipinski definition) is 4. The highest BCUT2D eigenvalue weighted by molar-refractivity contribution is 7.47. The van der Waals surface area contributed by atoms with E-state index in [4.69, 9.17) is 32.3 Å². The second-order valence-electron chi connectivity index (χ2n) is 26.8. The van der Waals surface area contributed by atoms with Gasteiger partial charge in [-0.15, -0.1) is 0 Å². The van der Waals surface area contributed by atoms with Crippen molar-refractivity contribution in [1.29, 1.82) is 0 Å². The number of aliphatic hydroxyl groups is 2. The van der Waals surface area contributed by atoms with Crippen LogP contribution >= 0.6 is 15.6 Å². The van der Waals surface area contributed by atoms with Crippen LogP contribution in [-0.4, -0.2) is 95.9 Å². The van der Waals surface area contributed by atoms with Crippen molar-refractivity contribution in [3.63, 3.8) is 0 Å². The van der Waals surface area contributed by atoms with Crippen molar-refractivity contribution in [2.24, 2.45) is 0 Å². The molecule has 101 heavy (non-hydrogen) atoms. The van der Waals surface area contributed by atoms with E-state index in [-0.39, 0.29) is 19.3 Å². The molecule has 0 amide bonds. The van der Waals surface area contributed by atoms with E-state index < -0.39 is 91.5 Å². The highest BCUT2D eigenvalue weighted by Crippen LogP contribution is 2.45. The summed E-state index contributed by atoms with van der Waals surface area (Å²) in [5.74, 6) is -1.60. The maximum Gasteiger partial charge on any atom is 0.472 e. The van der Waals surface area contributed by atoms with Gasteiger partial charge in [-0.1, -0.05) is 323 Å². The second kappa shape index (κ2) is 75.9. The Kier molecular flexibility index (Phi) is 73.0. The normalized spacial score (nSPS) is 14.6. The quantitative estimate of drug-likeness (QED) is 0.0146. The smallest absolute Gasteiger partial charge is 0.463 e. The highest BCUT2D eigenvalue weighted by atomic mass is 31.2. The molecule has 0 saturated heterocycles. The van der Waals surface area contributed by atoms with Crippen molar-refractivity contribution in [2.45, 2.75) is 360 Å². The number of hydrogen-bond acceptors (Lipinski definition) is 14. The molecule has 0 spiro atoms. The molecule has 18 heteroatoms.